The van der Waals surface area contributed by atoms with Crippen LogP contribution in [-0.4, -0.2) is 50.4 Å². The highest BCUT2D eigenvalue weighted by molar-refractivity contribution is 8.12. The lowest BCUT2D eigenvalue weighted by Crippen LogP contribution is -2.70. The summed E-state index contributed by atoms with van der Waals surface area (Å²) in [7, 11) is 0. The number of carbonyl (C=O) groups excluding carboxylic acids is 2. The Balaban J connectivity index is 1.43. The number of nitrogens with zero attached hydrogens (tertiary/aromatic N) is 1. The summed E-state index contributed by atoms with van der Waals surface area (Å²) in [4.78, 5) is 40.5. The number of carboxylic acids is 1. The van der Waals surface area contributed by atoms with Gasteiger partial charge in [-0.15, -0.1) is 11.8 Å². The number of amides is 1. The van der Waals surface area contributed by atoms with Crippen LogP contribution in [0.2, 0.25) is 0 Å². The molecule has 0 radical (unpaired) electrons. The van der Waals surface area contributed by atoms with E-state index in [2.05, 4.69) is 24.2 Å². The fraction of sp³-hybridized carbons (Fsp3) is 0.769. The maximum Gasteiger partial charge on any atom is 0.303 e. The molecule has 34 heavy (non-hydrogen) atoms. The van der Waals surface area contributed by atoms with E-state index in [1.54, 1.807) is 5.55 Å². The lowest BCUT2D eigenvalue weighted by Gasteiger charge is -2.60. The van der Waals surface area contributed by atoms with Crippen LogP contribution in [0.3, 0.4) is 0 Å². The summed E-state index contributed by atoms with van der Waals surface area (Å²) in [5.41, 5.74) is 0.427. The van der Waals surface area contributed by atoms with Crippen LogP contribution in [0.15, 0.2) is 16.6 Å². The molecule has 3 saturated carbocycles. The van der Waals surface area contributed by atoms with Crippen molar-refractivity contribution in [2.75, 3.05) is 5.75 Å². The first kappa shape index (κ1) is 24.0. The van der Waals surface area contributed by atoms with E-state index in [1.165, 1.54) is 17.3 Å². The molecular weight excluding hydrogens is 452 g/mol. The summed E-state index contributed by atoms with van der Waals surface area (Å²) in [6.07, 6.45) is 8.46. The second-order valence-corrected chi connectivity index (χ2v) is 12.5. The molecule has 0 aromatic carbocycles. The van der Waals surface area contributed by atoms with Gasteiger partial charge in [-0.3, -0.25) is 19.4 Å². The van der Waals surface area contributed by atoms with Gasteiger partial charge in [-0.2, -0.15) is 0 Å². The van der Waals surface area contributed by atoms with Crippen LogP contribution in [0, 0.1) is 28.6 Å². The first-order valence-corrected chi connectivity index (χ1v) is 13.7. The van der Waals surface area contributed by atoms with Crippen molar-refractivity contribution in [3.05, 3.63) is 11.6 Å². The van der Waals surface area contributed by atoms with Gasteiger partial charge in [-0.05, 0) is 74.2 Å². The minimum Gasteiger partial charge on any atom is -0.481 e. The number of ketones is 1. The number of aliphatic hydroxyl groups is 1. The molecule has 0 aromatic heterocycles. The normalized spacial score (nSPS) is 45.2. The van der Waals surface area contributed by atoms with Gasteiger partial charge in [0.2, 0.25) is 5.91 Å². The molecule has 1 amide bonds. The Bertz CT molecular complexity index is 980. The topological polar surface area (TPSA) is 116 Å². The van der Waals surface area contributed by atoms with Crippen molar-refractivity contribution in [2.45, 2.75) is 89.3 Å². The van der Waals surface area contributed by atoms with Crippen molar-refractivity contribution in [1.29, 1.82) is 0 Å². The number of aliphatic carboxylic acids is 1. The second-order valence-electron chi connectivity index (χ2n) is 11.7. The van der Waals surface area contributed by atoms with Gasteiger partial charge in [-0.1, -0.05) is 19.4 Å². The quantitative estimate of drug-likeness (QED) is 0.543. The zero-order valence-electron chi connectivity index (χ0n) is 20.1. The number of thioether (sulfide) groups is 1. The number of nitrogens with one attached hydrogen (secondary N) is 1. The lowest BCUT2D eigenvalue weighted by atomic mass is 9.46. The molecule has 8 heteroatoms. The van der Waals surface area contributed by atoms with Crippen LogP contribution < -0.4 is 5.32 Å². The molecule has 5 aliphatic rings. The van der Waals surface area contributed by atoms with Crippen LogP contribution in [0.1, 0.15) is 78.1 Å². The number of aliphatic imine (C=N–C) groups is 1. The predicted molar refractivity (Wildman–Crippen MR) is 130 cm³/mol. The number of hydrogen-bond acceptors (Lipinski definition) is 6. The molecule has 0 aromatic rings. The minimum atomic E-state index is -1.19. The molecule has 3 fully saturated rings. The van der Waals surface area contributed by atoms with Crippen LogP contribution in [-0.2, 0) is 14.4 Å². The van der Waals surface area contributed by atoms with Gasteiger partial charge < -0.3 is 15.5 Å². The smallest absolute Gasteiger partial charge is 0.303 e. The van der Waals surface area contributed by atoms with Crippen LogP contribution in [0.4, 0.5) is 0 Å². The number of carbonyl (C=O) groups is 3. The van der Waals surface area contributed by atoms with Crippen molar-refractivity contribution in [3.63, 3.8) is 0 Å². The molecule has 1 heterocycles. The number of allylic oxidation sites excluding steroid dienone is 1. The second kappa shape index (κ2) is 8.19. The van der Waals surface area contributed by atoms with Gasteiger partial charge in [0, 0.05) is 24.0 Å². The van der Waals surface area contributed by atoms with E-state index < -0.39 is 22.6 Å². The Morgan fingerprint density at radius 2 is 1.88 bits per heavy atom. The molecule has 3 N–H and O–H groups in total. The molecule has 4 aliphatic carbocycles. The Labute approximate surface area is 205 Å². The summed E-state index contributed by atoms with van der Waals surface area (Å²) in [6.45, 7) is 4.55. The van der Waals surface area contributed by atoms with Crippen LogP contribution in [0.25, 0.3) is 0 Å². The minimum absolute atomic E-state index is 0.0724. The van der Waals surface area contributed by atoms with Gasteiger partial charge in [0.25, 0.3) is 0 Å². The molecule has 0 spiro atoms. The van der Waals surface area contributed by atoms with Gasteiger partial charge in [0.05, 0.1) is 12.0 Å². The Morgan fingerprint density at radius 3 is 2.59 bits per heavy atom. The molecule has 1 aliphatic heterocycles. The predicted octanol–water partition coefficient (Wildman–Crippen LogP) is 3.70. The third kappa shape index (κ3) is 3.34. The number of hydrogen-bond donors (Lipinski definition) is 3. The molecule has 0 bridgehead atoms. The monoisotopic (exact) mass is 488 g/mol. The van der Waals surface area contributed by atoms with E-state index in [1.807, 2.05) is 6.08 Å². The fourth-order valence-electron chi connectivity index (χ4n) is 8.49. The molecule has 1 unspecified atom stereocenters. The number of carboxylic acid groups (broad SMARTS) is 1. The summed E-state index contributed by atoms with van der Waals surface area (Å²) in [6, 6.07) is 0. The van der Waals surface area contributed by atoms with Crippen LogP contribution >= 0.6 is 11.8 Å². The third-order valence-corrected chi connectivity index (χ3v) is 11.2. The maximum absolute atomic E-state index is 12.7. The van der Waals surface area contributed by atoms with Crippen molar-refractivity contribution in [2.24, 2.45) is 33.6 Å². The highest BCUT2D eigenvalue weighted by Gasteiger charge is 2.70. The molecular formula is C26H36N2O5S. The number of rotatable bonds is 5. The Hall–Kier alpha value is -1.67. The molecule has 7 atom stereocenters. The van der Waals surface area contributed by atoms with Crippen molar-refractivity contribution < 1.29 is 24.6 Å². The summed E-state index contributed by atoms with van der Waals surface area (Å²) >= 11 is 1.49. The molecule has 186 valence electrons. The number of fused-ring (bicyclic) bond motifs is 5. The fourth-order valence-corrected chi connectivity index (χ4v) is 9.44. The summed E-state index contributed by atoms with van der Waals surface area (Å²) in [5, 5.41) is 24.4. The van der Waals surface area contributed by atoms with Crippen molar-refractivity contribution >= 4 is 35.0 Å². The van der Waals surface area contributed by atoms with E-state index in [4.69, 9.17) is 5.11 Å². The first-order valence-electron chi connectivity index (χ1n) is 12.7. The van der Waals surface area contributed by atoms with E-state index in [-0.39, 0.29) is 29.9 Å². The maximum atomic E-state index is 12.7. The van der Waals surface area contributed by atoms with Gasteiger partial charge in [0.1, 0.15) is 5.60 Å². The molecule has 0 saturated heterocycles. The zero-order valence-corrected chi connectivity index (χ0v) is 21.0. The van der Waals surface area contributed by atoms with E-state index >= 15 is 0 Å². The standard InChI is InChI=1S/C26H36N2O5S/c1-23-10-7-17(29)13-16(23)3-4-18-19(23)8-11-24(2)20(18)9-12-25(24,33)26(14-34-15-27-26)28-21(30)5-6-22(31)32/h13,15,18-20,33H,3-12,14H2,1-2H3,(H,28,30)(H,31,32)/t18-,19+,20+,23+,24+,25-,26?/m1/s1. The summed E-state index contributed by atoms with van der Waals surface area (Å²) < 4.78 is 0. The molecule has 7 nitrogen and oxygen atoms in total. The van der Waals surface area contributed by atoms with E-state index in [9.17, 15) is 19.5 Å². The van der Waals surface area contributed by atoms with Crippen LogP contribution in [0.5, 0.6) is 0 Å². The highest BCUT2D eigenvalue weighted by atomic mass is 32.2. The first-order chi connectivity index (χ1) is 16.0. The Morgan fingerprint density at radius 1 is 1.12 bits per heavy atom. The van der Waals surface area contributed by atoms with Crippen molar-refractivity contribution in [1.82, 2.24) is 5.32 Å². The largest absolute Gasteiger partial charge is 0.481 e. The van der Waals surface area contributed by atoms with E-state index in [0.29, 0.717) is 36.3 Å². The third-order valence-electron chi connectivity index (χ3n) is 10.3. The Kier molecular flexibility index (Phi) is 5.79. The molecule has 5 rings (SSSR count). The summed E-state index contributed by atoms with van der Waals surface area (Å²) in [5.74, 6) is 0.681. The zero-order chi connectivity index (χ0) is 24.4. The van der Waals surface area contributed by atoms with Gasteiger partial charge >= 0.3 is 5.97 Å². The average Bonchev–Trinajstić information content (AvgIpc) is 3.37. The van der Waals surface area contributed by atoms with E-state index in [0.717, 1.165) is 38.5 Å². The lowest BCUT2D eigenvalue weighted by molar-refractivity contribution is -0.167. The highest BCUT2D eigenvalue weighted by Crippen LogP contribution is 2.69. The van der Waals surface area contributed by atoms with Crippen molar-refractivity contribution in [3.8, 4) is 0 Å². The average molecular weight is 489 g/mol. The van der Waals surface area contributed by atoms with Gasteiger partial charge in [0.15, 0.2) is 11.4 Å². The SMILES string of the molecule is C[C@]12CCC(=O)C=C1CC[C@@H]1[C@@H]2CC[C@@]2(C)[C@H]1CC[C@]2(O)C1(NC(=O)CCC(=O)O)CSC=N1. The van der Waals surface area contributed by atoms with Gasteiger partial charge in [-0.25, -0.2) is 0 Å².